The molecule has 0 radical (unpaired) electrons. The quantitative estimate of drug-likeness (QED) is 0.517. The Morgan fingerprint density at radius 3 is 2.60 bits per heavy atom. The van der Waals surface area contributed by atoms with Crippen molar-refractivity contribution in [2.45, 2.75) is 6.92 Å². The number of nitrogens with one attached hydrogen (secondary N) is 1. The lowest BCUT2D eigenvalue weighted by Crippen LogP contribution is -2.05. The van der Waals surface area contributed by atoms with Gasteiger partial charge in [0, 0.05) is 19.1 Å². The first kappa shape index (κ1) is 13.3. The molecule has 2 aromatic rings. The highest BCUT2D eigenvalue weighted by molar-refractivity contribution is 5.89. The highest BCUT2D eigenvalue weighted by Crippen LogP contribution is 2.23. The van der Waals surface area contributed by atoms with Gasteiger partial charge in [-0.05, 0) is 22.4 Å². The molecule has 0 unspecified atom stereocenters. The van der Waals surface area contributed by atoms with Gasteiger partial charge in [-0.1, -0.05) is 0 Å². The molecule has 1 aromatic carbocycles. The maximum absolute atomic E-state index is 10.9. The molecule has 1 heterocycles. The van der Waals surface area contributed by atoms with E-state index in [1.807, 2.05) is 0 Å². The van der Waals surface area contributed by atoms with Crippen LogP contribution in [0.4, 0.5) is 23.0 Å². The molecule has 10 heteroatoms. The molecular weight excluding hydrogens is 268 g/mol. The van der Waals surface area contributed by atoms with E-state index in [0.717, 1.165) is 0 Å². The Hall–Kier alpha value is -3.17. The number of non-ortho nitro benzene ring substituents is 1. The number of hydrogen-bond acceptors (Lipinski definition) is 8. The van der Waals surface area contributed by atoms with Gasteiger partial charge in [0.25, 0.3) is 11.5 Å². The number of nitrogens with zero attached hydrogens (tertiary/aromatic N) is 5. The monoisotopic (exact) mass is 276 g/mol. The van der Waals surface area contributed by atoms with E-state index >= 15 is 0 Å². The van der Waals surface area contributed by atoms with Gasteiger partial charge in [0.05, 0.1) is 10.6 Å². The van der Waals surface area contributed by atoms with Crippen LogP contribution < -0.4 is 5.32 Å². The first-order chi connectivity index (χ1) is 9.56. The fourth-order valence-corrected chi connectivity index (χ4v) is 1.24. The highest BCUT2D eigenvalue weighted by atomic mass is 16.6. The van der Waals surface area contributed by atoms with Crippen molar-refractivity contribution in [3.05, 3.63) is 34.4 Å². The summed E-state index contributed by atoms with van der Waals surface area (Å²) in [6, 6.07) is 5.44. The number of carbonyl (C=O) groups is 1. The lowest BCUT2D eigenvalue weighted by atomic mass is 10.3. The minimum Gasteiger partial charge on any atom is -0.305 e. The van der Waals surface area contributed by atoms with Crippen molar-refractivity contribution in [2.24, 2.45) is 10.2 Å². The van der Waals surface area contributed by atoms with Gasteiger partial charge >= 0.3 is 0 Å². The summed E-state index contributed by atoms with van der Waals surface area (Å²) in [6.45, 7) is 1.30. The van der Waals surface area contributed by atoms with Gasteiger partial charge in [-0.2, -0.15) is 0 Å². The van der Waals surface area contributed by atoms with Gasteiger partial charge in [0.2, 0.25) is 11.7 Å². The van der Waals surface area contributed by atoms with E-state index in [0.29, 0.717) is 5.69 Å². The van der Waals surface area contributed by atoms with Crippen LogP contribution in [-0.2, 0) is 4.79 Å². The molecule has 20 heavy (non-hydrogen) atoms. The van der Waals surface area contributed by atoms with Gasteiger partial charge < -0.3 is 5.32 Å². The number of nitro groups is 1. The van der Waals surface area contributed by atoms with Gasteiger partial charge in [-0.15, -0.1) is 10.2 Å². The van der Waals surface area contributed by atoms with Crippen LogP contribution in [0, 0.1) is 10.1 Å². The second kappa shape index (κ2) is 5.65. The van der Waals surface area contributed by atoms with Crippen LogP contribution in [0.15, 0.2) is 39.1 Å². The average Bonchev–Trinajstić information content (AvgIpc) is 2.83. The summed E-state index contributed by atoms with van der Waals surface area (Å²) >= 11 is 0. The minimum absolute atomic E-state index is 0.00134. The predicted octanol–water partition coefficient (Wildman–Crippen LogP) is 2.35. The summed E-state index contributed by atoms with van der Waals surface area (Å²) in [5.41, 5.74) is 0.332. The van der Waals surface area contributed by atoms with Crippen LogP contribution in [0.3, 0.4) is 0 Å². The van der Waals surface area contributed by atoms with Gasteiger partial charge in [0.15, 0.2) is 0 Å². The summed E-state index contributed by atoms with van der Waals surface area (Å²) in [4.78, 5) is 20.9. The lowest BCUT2D eigenvalue weighted by Gasteiger charge is -1.94. The maximum Gasteiger partial charge on any atom is 0.269 e. The van der Waals surface area contributed by atoms with Crippen molar-refractivity contribution in [2.75, 3.05) is 5.32 Å². The van der Waals surface area contributed by atoms with E-state index in [4.69, 9.17) is 0 Å². The second-order valence-corrected chi connectivity index (χ2v) is 3.59. The molecule has 0 saturated carbocycles. The molecule has 1 amide bonds. The second-order valence-electron chi connectivity index (χ2n) is 3.59. The Morgan fingerprint density at radius 1 is 1.30 bits per heavy atom. The van der Waals surface area contributed by atoms with Crippen LogP contribution in [0.25, 0.3) is 0 Å². The number of carbonyl (C=O) groups excluding carboxylic acids is 1. The van der Waals surface area contributed by atoms with Crippen molar-refractivity contribution in [1.82, 2.24) is 10.3 Å². The van der Waals surface area contributed by atoms with Crippen molar-refractivity contribution in [3.63, 3.8) is 0 Å². The Kier molecular flexibility index (Phi) is 3.75. The van der Waals surface area contributed by atoms with E-state index in [-0.39, 0.29) is 23.2 Å². The SMILES string of the molecule is CC(=O)Nc1nonc1N=Nc1ccc([N+](=O)[O-])cc1. The number of anilines is 1. The molecule has 10 nitrogen and oxygen atoms in total. The van der Waals surface area contributed by atoms with E-state index in [1.54, 1.807) is 0 Å². The van der Waals surface area contributed by atoms with Crippen LogP contribution in [0.2, 0.25) is 0 Å². The van der Waals surface area contributed by atoms with Crippen LogP contribution >= 0.6 is 0 Å². The number of rotatable bonds is 4. The average molecular weight is 276 g/mol. The Labute approximate surface area is 111 Å². The molecule has 0 aliphatic rings. The third-order valence-corrected chi connectivity index (χ3v) is 2.09. The number of amides is 1. The van der Waals surface area contributed by atoms with Crippen molar-refractivity contribution >= 4 is 28.9 Å². The zero-order chi connectivity index (χ0) is 14.5. The van der Waals surface area contributed by atoms with Crippen molar-refractivity contribution < 1.29 is 14.3 Å². The van der Waals surface area contributed by atoms with E-state index in [2.05, 4.69) is 30.5 Å². The summed E-state index contributed by atoms with van der Waals surface area (Å²) < 4.78 is 4.43. The molecule has 102 valence electrons. The molecule has 0 aliphatic carbocycles. The van der Waals surface area contributed by atoms with Gasteiger partial charge in [0.1, 0.15) is 0 Å². The van der Waals surface area contributed by atoms with Crippen LogP contribution in [0.1, 0.15) is 6.92 Å². The Balaban J connectivity index is 2.15. The standard InChI is InChI=1S/C10H8N6O4/c1-6(17)11-9-10(15-20-14-9)13-12-7-2-4-8(5-3-7)16(18)19/h2-5H,1H3,(H,11,14,17). The molecule has 0 atom stereocenters. The largest absolute Gasteiger partial charge is 0.305 e. The first-order valence-electron chi connectivity index (χ1n) is 5.32. The summed E-state index contributed by atoms with van der Waals surface area (Å²) in [5.74, 6) is -0.311. The first-order valence-corrected chi connectivity index (χ1v) is 5.32. The fourth-order valence-electron chi connectivity index (χ4n) is 1.24. The minimum atomic E-state index is -0.517. The van der Waals surface area contributed by atoms with Crippen molar-refractivity contribution in [3.8, 4) is 0 Å². The zero-order valence-electron chi connectivity index (χ0n) is 10.2. The number of benzene rings is 1. The normalized spacial score (nSPS) is 10.7. The smallest absolute Gasteiger partial charge is 0.269 e. The molecule has 0 spiro atoms. The molecule has 2 rings (SSSR count). The number of nitro benzene ring substituents is 1. The van der Waals surface area contributed by atoms with Crippen molar-refractivity contribution in [1.29, 1.82) is 0 Å². The highest BCUT2D eigenvalue weighted by Gasteiger charge is 2.10. The molecular formula is C10H8N6O4. The summed E-state index contributed by atoms with van der Waals surface area (Å²) in [7, 11) is 0. The van der Waals surface area contributed by atoms with Crippen LogP contribution in [0.5, 0.6) is 0 Å². The zero-order valence-corrected chi connectivity index (χ0v) is 10.2. The lowest BCUT2D eigenvalue weighted by molar-refractivity contribution is -0.384. The molecule has 0 aliphatic heterocycles. The number of aromatic nitrogens is 2. The van der Waals surface area contributed by atoms with Gasteiger partial charge in [-0.25, -0.2) is 4.63 Å². The topological polar surface area (TPSA) is 136 Å². The molecule has 0 bridgehead atoms. The van der Waals surface area contributed by atoms with E-state index in [1.165, 1.54) is 31.2 Å². The number of hydrogen-bond donors (Lipinski definition) is 1. The van der Waals surface area contributed by atoms with Gasteiger partial charge in [-0.3, -0.25) is 14.9 Å². The predicted molar refractivity (Wildman–Crippen MR) is 65.9 cm³/mol. The maximum atomic E-state index is 10.9. The van der Waals surface area contributed by atoms with E-state index in [9.17, 15) is 14.9 Å². The summed E-state index contributed by atoms with van der Waals surface area (Å²) in [6.07, 6.45) is 0. The Bertz CT molecular complexity index is 663. The van der Waals surface area contributed by atoms with Crippen LogP contribution in [-0.4, -0.2) is 21.1 Å². The third kappa shape index (κ3) is 3.19. The Morgan fingerprint density at radius 2 is 2.00 bits per heavy atom. The molecule has 1 N–H and O–H groups in total. The van der Waals surface area contributed by atoms with E-state index < -0.39 is 4.92 Å². The fraction of sp³-hybridized carbons (Fsp3) is 0.100. The molecule has 1 aromatic heterocycles. The molecule has 0 saturated heterocycles. The molecule has 0 fully saturated rings. The summed E-state index contributed by atoms with van der Waals surface area (Å²) in [5, 5.41) is 27.3. The third-order valence-electron chi connectivity index (χ3n) is 2.09. The number of azo groups is 1.